The number of rotatable bonds is 6. The molecular formula is C13H15F2N3O. The van der Waals surface area contributed by atoms with Crippen molar-refractivity contribution in [3.05, 3.63) is 48.3 Å². The number of aliphatic hydroxyl groups is 1. The molecule has 0 atom stereocenters. The number of nitrogens with one attached hydrogen (secondary N) is 1. The molecule has 0 unspecified atom stereocenters. The third-order valence-electron chi connectivity index (χ3n) is 2.60. The lowest BCUT2D eigenvalue weighted by molar-refractivity contribution is -0.0477. The smallest absolute Gasteiger partial charge is 0.282 e. The second-order valence-corrected chi connectivity index (χ2v) is 4.25. The first-order chi connectivity index (χ1) is 9.11. The summed E-state index contributed by atoms with van der Waals surface area (Å²) < 4.78 is 27.3. The number of aliphatic hydroxyl groups excluding tert-OH is 1. The van der Waals surface area contributed by atoms with Gasteiger partial charge in [-0.3, -0.25) is 0 Å². The van der Waals surface area contributed by atoms with Gasteiger partial charge in [0.05, 0.1) is 18.4 Å². The first-order valence-corrected chi connectivity index (χ1v) is 5.89. The average Bonchev–Trinajstić information content (AvgIpc) is 2.88. The summed E-state index contributed by atoms with van der Waals surface area (Å²) in [5, 5.41) is 15.2. The van der Waals surface area contributed by atoms with Crippen LogP contribution in [-0.4, -0.2) is 34.0 Å². The van der Waals surface area contributed by atoms with E-state index in [9.17, 15) is 8.78 Å². The van der Waals surface area contributed by atoms with E-state index in [4.69, 9.17) is 5.11 Å². The van der Waals surface area contributed by atoms with Crippen LogP contribution in [-0.2, 0) is 6.54 Å². The average molecular weight is 267 g/mol. The Balaban J connectivity index is 1.92. The van der Waals surface area contributed by atoms with Crippen LogP contribution in [0.2, 0.25) is 0 Å². The number of benzene rings is 1. The van der Waals surface area contributed by atoms with Gasteiger partial charge in [-0.2, -0.15) is 5.10 Å². The molecule has 0 aliphatic rings. The van der Waals surface area contributed by atoms with Crippen LogP contribution in [0.1, 0.15) is 5.56 Å². The molecule has 1 aromatic carbocycles. The Labute approximate surface area is 109 Å². The minimum absolute atomic E-state index is 0.280. The molecule has 0 spiro atoms. The van der Waals surface area contributed by atoms with E-state index in [2.05, 4.69) is 10.4 Å². The first kappa shape index (κ1) is 13.6. The molecule has 1 heterocycles. The van der Waals surface area contributed by atoms with Crippen molar-refractivity contribution in [2.45, 2.75) is 12.5 Å². The molecule has 0 bridgehead atoms. The van der Waals surface area contributed by atoms with Crippen molar-refractivity contribution < 1.29 is 13.9 Å². The van der Waals surface area contributed by atoms with Crippen LogP contribution in [0.25, 0.3) is 5.69 Å². The molecule has 0 saturated heterocycles. The highest BCUT2D eigenvalue weighted by molar-refractivity contribution is 5.30. The van der Waals surface area contributed by atoms with Gasteiger partial charge in [-0.1, -0.05) is 18.2 Å². The molecular weight excluding hydrogens is 252 g/mol. The van der Waals surface area contributed by atoms with Crippen molar-refractivity contribution in [3.63, 3.8) is 0 Å². The molecule has 0 aliphatic carbocycles. The molecule has 6 heteroatoms. The fourth-order valence-corrected chi connectivity index (χ4v) is 1.62. The number of hydrogen-bond acceptors (Lipinski definition) is 3. The van der Waals surface area contributed by atoms with Crippen LogP contribution in [0, 0.1) is 0 Å². The van der Waals surface area contributed by atoms with Gasteiger partial charge >= 0.3 is 0 Å². The number of halogens is 2. The quantitative estimate of drug-likeness (QED) is 0.835. The highest BCUT2D eigenvalue weighted by Crippen LogP contribution is 2.11. The summed E-state index contributed by atoms with van der Waals surface area (Å²) in [6.45, 7) is -1.42. The summed E-state index contributed by atoms with van der Waals surface area (Å²) in [4.78, 5) is 0. The minimum atomic E-state index is -3.09. The zero-order valence-electron chi connectivity index (χ0n) is 10.3. The van der Waals surface area contributed by atoms with Crippen LogP contribution in [0.3, 0.4) is 0 Å². The van der Waals surface area contributed by atoms with E-state index in [0.29, 0.717) is 0 Å². The first-order valence-electron chi connectivity index (χ1n) is 5.89. The summed E-state index contributed by atoms with van der Waals surface area (Å²) in [5.74, 6) is -3.09. The molecule has 0 fully saturated rings. The van der Waals surface area contributed by atoms with Crippen molar-refractivity contribution in [2.75, 3.05) is 13.2 Å². The highest BCUT2D eigenvalue weighted by atomic mass is 19.3. The summed E-state index contributed by atoms with van der Waals surface area (Å²) in [6.07, 6.45) is 3.40. The Kier molecular flexibility index (Phi) is 4.24. The molecule has 19 heavy (non-hydrogen) atoms. The van der Waals surface area contributed by atoms with Gasteiger partial charge in [0.15, 0.2) is 0 Å². The maximum Gasteiger partial charge on any atom is 0.282 e. The van der Waals surface area contributed by atoms with Crippen molar-refractivity contribution >= 4 is 0 Å². The zero-order valence-corrected chi connectivity index (χ0v) is 10.3. The number of hydrogen-bond donors (Lipinski definition) is 2. The molecule has 4 nitrogen and oxygen atoms in total. The Morgan fingerprint density at radius 3 is 2.68 bits per heavy atom. The summed E-state index contributed by atoms with van der Waals surface area (Å²) >= 11 is 0. The monoisotopic (exact) mass is 267 g/mol. The third-order valence-corrected chi connectivity index (χ3v) is 2.60. The van der Waals surface area contributed by atoms with Gasteiger partial charge in [0.2, 0.25) is 0 Å². The molecule has 0 amide bonds. The number of alkyl halides is 2. The fourth-order valence-electron chi connectivity index (χ4n) is 1.62. The van der Waals surface area contributed by atoms with Gasteiger partial charge in [-0.25, -0.2) is 13.5 Å². The largest absolute Gasteiger partial charge is 0.390 e. The molecule has 2 aromatic rings. The van der Waals surface area contributed by atoms with Crippen molar-refractivity contribution in [1.82, 2.24) is 15.1 Å². The van der Waals surface area contributed by atoms with Crippen LogP contribution >= 0.6 is 0 Å². The normalized spacial score (nSPS) is 11.7. The van der Waals surface area contributed by atoms with Crippen molar-refractivity contribution in [3.8, 4) is 5.69 Å². The Bertz CT molecular complexity index is 514. The molecule has 0 radical (unpaired) electrons. The van der Waals surface area contributed by atoms with Gasteiger partial charge in [-0.15, -0.1) is 0 Å². The van der Waals surface area contributed by atoms with E-state index in [1.54, 1.807) is 17.1 Å². The lowest BCUT2D eigenvalue weighted by Crippen LogP contribution is -2.35. The van der Waals surface area contributed by atoms with E-state index in [-0.39, 0.29) is 6.54 Å². The van der Waals surface area contributed by atoms with Gasteiger partial charge < -0.3 is 10.4 Å². The standard InChI is InChI=1S/C13H15F2N3O/c14-13(15,10-19)9-16-6-11-7-17-18(8-11)12-4-2-1-3-5-12/h1-5,7-8,16,19H,6,9-10H2. The molecule has 102 valence electrons. The molecule has 0 aliphatic heterocycles. The van der Waals surface area contributed by atoms with Crippen LogP contribution in [0.5, 0.6) is 0 Å². The topological polar surface area (TPSA) is 50.1 Å². The molecule has 2 N–H and O–H groups in total. The van der Waals surface area contributed by atoms with E-state index < -0.39 is 19.1 Å². The molecule has 0 saturated carbocycles. The van der Waals surface area contributed by atoms with E-state index in [1.165, 1.54) is 0 Å². The van der Waals surface area contributed by atoms with Crippen molar-refractivity contribution in [1.29, 1.82) is 0 Å². The Morgan fingerprint density at radius 1 is 1.26 bits per heavy atom. The van der Waals surface area contributed by atoms with Crippen LogP contribution < -0.4 is 5.32 Å². The lowest BCUT2D eigenvalue weighted by atomic mass is 10.3. The maximum atomic E-state index is 12.8. The third kappa shape index (κ3) is 3.84. The number of aromatic nitrogens is 2. The highest BCUT2D eigenvalue weighted by Gasteiger charge is 2.26. The summed E-state index contributed by atoms with van der Waals surface area (Å²) in [5.41, 5.74) is 1.71. The predicted molar refractivity (Wildman–Crippen MR) is 67.3 cm³/mol. The number of nitrogens with zero attached hydrogens (tertiary/aromatic N) is 2. The Hall–Kier alpha value is -1.79. The second-order valence-electron chi connectivity index (χ2n) is 4.25. The van der Waals surface area contributed by atoms with E-state index >= 15 is 0 Å². The summed E-state index contributed by atoms with van der Waals surface area (Å²) in [7, 11) is 0. The Morgan fingerprint density at radius 2 is 2.00 bits per heavy atom. The zero-order chi connectivity index (χ0) is 13.7. The molecule has 2 rings (SSSR count). The van der Waals surface area contributed by atoms with Gasteiger partial charge in [-0.05, 0) is 12.1 Å². The van der Waals surface area contributed by atoms with E-state index in [0.717, 1.165) is 11.3 Å². The van der Waals surface area contributed by atoms with Gasteiger partial charge in [0, 0.05) is 18.3 Å². The maximum absolute atomic E-state index is 12.8. The predicted octanol–water partition coefficient (Wildman–Crippen LogP) is 1.59. The van der Waals surface area contributed by atoms with Crippen molar-refractivity contribution in [2.24, 2.45) is 0 Å². The fraction of sp³-hybridized carbons (Fsp3) is 0.308. The number of para-hydroxylation sites is 1. The molecule has 1 aromatic heterocycles. The van der Waals surface area contributed by atoms with Crippen LogP contribution in [0.15, 0.2) is 42.7 Å². The lowest BCUT2D eigenvalue weighted by Gasteiger charge is -2.13. The van der Waals surface area contributed by atoms with Gasteiger partial charge in [0.1, 0.15) is 6.61 Å². The van der Waals surface area contributed by atoms with Gasteiger partial charge in [0.25, 0.3) is 5.92 Å². The minimum Gasteiger partial charge on any atom is -0.390 e. The SMILES string of the molecule is OCC(F)(F)CNCc1cnn(-c2ccccc2)c1. The van der Waals surface area contributed by atoms with E-state index in [1.807, 2.05) is 30.3 Å². The summed E-state index contributed by atoms with van der Waals surface area (Å²) in [6, 6.07) is 9.52. The second kappa shape index (κ2) is 5.90. The van der Waals surface area contributed by atoms with Crippen LogP contribution in [0.4, 0.5) is 8.78 Å².